The molecular weight excluding hydrogens is 328 g/mol. The quantitative estimate of drug-likeness (QED) is 0.511. The molecule has 0 unspecified atom stereocenters. The van der Waals surface area contributed by atoms with E-state index in [1.54, 1.807) is 18.2 Å². The number of para-hydroxylation sites is 1. The zero-order valence-corrected chi connectivity index (χ0v) is 11.5. The summed E-state index contributed by atoms with van der Waals surface area (Å²) >= 11 is 1.00. The highest BCUT2D eigenvalue weighted by Gasteiger charge is 2.46. The topological polar surface area (TPSA) is 12.0 Å². The van der Waals surface area contributed by atoms with Gasteiger partial charge < -0.3 is 5.32 Å². The molecule has 0 fully saturated rings. The third kappa shape index (κ3) is 2.51. The Kier molecular flexibility index (Phi) is 3.32. The second-order valence-corrected chi connectivity index (χ2v) is 5.66. The van der Waals surface area contributed by atoms with Crippen LogP contribution >= 0.6 is 11.8 Å². The molecule has 0 radical (unpaired) electrons. The van der Waals surface area contributed by atoms with Gasteiger partial charge in [-0.15, -0.1) is 0 Å². The molecule has 1 nitrogen and oxygen atoms in total. The fraction of sp³-hybridized carbons (Fsp3) is 0.143. The van der Waals surface area contributed by atoms with Crippen molar-refractivity contribution in [3.63, 3.8) is 0 Å². The number of hydrogen-bond donors (Lipinski definition) is 1. The average molecular weight is 335 g/mol. The van der Waals surface area contributed by atoms with Gasteiger partial charge in [0, 0.05) is 9.79 Å². The number of alkyl halides is 6. The third-order valence-corrected chi connectivity index (χ3v) is 4.26. The van der Waals surface area contributed by atoms with Crippen LogP contribution in [0.25, 0.3) is 0 Å². The molecule has 8 heteroatoms. The Morgan fingerprint density at radius 2 is 1.45 bits per heavy atom. The van der Waals surface area contributed by atoms with E-state index in [4.69, 9.17) is 0 Å². The average Bonchev–Trinajstić information content (AvgIpc) is 2.41. The van der Waals surface area contributed by atoms with E-state index >= 15 is 0 Å². The molecule has 0 saturated heterocycles. The first kappa shape index (κ1) is 15.1. The molecule has 3 rings (SSSR count). The van der Waals surface area contributed by atoms with Crippen molar-refractivity contribution in [2.75, 3.05) is 5.32 Å². The van der Waals surface area contributed by atoms with Gasteiger partial charge in [-0.1, -0.05) is 23.9 Å². The predicted molar refractivity (Wildman–Crippen MR) is 70.3 cm³/mol. The maximum absolute atomic E-state index is 13.2. The molecule has 0 saturated carbocycles. The second kappa shape index (κ2) is 4.84. The first-order valence-electron chi connectivity index (χ1n) is 6.03. The standard InChI is InChI=1S/C14H7F6NS/c15-13(16,17)7-5-6-10-12(11(7)14(18,19)20)21-8-3-1-2-4-9(8)22-10/h1-6,21H. The van der Waals surface area contributed by atoms with Crippen LogP contribution in [0.2, 0.25) is 0 Å². The molecule has 1 heterocycles. The Hall–Kier alpha value is -1.83. The highest BCUT2D eigenvalue weighted by atomic mass is 32.2. The summed E-state index contributed by atoms with van der Waals surface area (Å²) < 4.78 is 78.3. The van der Waals surface area contributed by atoms with Crippen LogP contribution in [0.5, 0.6) is 0 Å². The van der Waals surface area contributed by atoms with Crippen molar-refractivity contribution >= 4 is 23.1 Å². The monoisotopic (exact) mass is 335 g/mol. The molecule has 2 aromatic rings. The fourth-order valence-corrected chi connectivity index (χ4v) is 3.24. The lowest BCUT2D eigenvalue weighted by Crippen LogP contribution is -2.19. The Morgan fingerprint density at radius 3 is 2.09 bits per heavy atom. The SMILES string of the molecule is FC(F)(F)c1ccc2c(c1C(F)(F)F)Nc1ccccc1S2. The van der Waals surface area contributed by atoms with E-state index in [0.717, 1.165) is 17.8 Å². The van der Waals surface area contributed by atoms with Crippen molar-refractivity contribution in [2.45, 2.75) is 22.1 Å². The van der Waals surface area contributed by atoms with Crippen LogP contribution in [-0.4, -0.2) is 0 Å². The number of fused-ring (bicyclic) bond motifs is 2. The van der Waals surface area contributed by atoms with Crippen molar-refractivity contribution in [1.82, 2.24) is 0 Å². The minimum Gasteiger partial charge on any atom is -0.353 e. The number of hydrogen-bond acceptors (Lipinski definition) is 2. The van der Waals surface area contributed by atoms with Crippen molar-refractivity contribution in [3.8, 4) is 0 Å². The van der Waals surface area contributed by atoms with Crippen molar-refractivity contribution in [2.24, 2.45) is 0 Å². The first-order valence-corrected chi connectivity index (χ1v) is 6.85. The molecule has 0 spiro atoms. The summed E-state index contributed by atoms with van der Waals surface area (Å²) in [6, 6.07) is 8.03. The minimum atomic E-state index is -5.12. The number of anilines is 2. The van der Waals surface area contributed by atoms with E-state index in [-0.39, 0.29) is 4.90 Å². The van der Waals surface area contributed by atoms with Gasteiger partial charge in [-0.2, -0.15) is 26.3 Å². The molecule has 116 valence electrons. The van der Waals surface area contributed by atoms with E-state index in [1.807, 2.05) is 0 Å². The van der Waals surface area contributed by atoms with Crippen LogP contribution in [0, 0.1) is 0 Å². The number of halogens is 6. The summed E-state index contributed by atoms with van der Waals surface area (Å²) in [7, 11) is 0. The van der Waals surface area contributed by atoms with E-state index in [1.165, 1.54) is 6.07 Å². The highest BCUT2D eigenvalue weighted by Crippen LogP contribution is 2.52. The highest BCUT2D eigenvalue weighted by molar-refractivity contribution is 7.99. The zero-order chi connectivity index (χ0) is 16.1. The molecule has 0 aromatic heterocycles. The van der Waals surface area contributed by atoms with E-state index < -0.39 is 29.2 Å². The molecule has 0 bridgehead atoms. The molecule has 22 heavy (non-hydrogen) atoms. The van der Waals surface area contributed by atoms with Crippen molar-refractivity contribution < 1.29 is 26.3 Å². The van der Waals surface area contributed by atoms with Crippen LogP contribution in [-0.2, 0) is 12.4 Å². The molecule has 0 aliphatic carbocycles. The summed E-state index contributed by atoms with van der Waals surface area (Å²) in [6.45, 7) is 0. The van der Waals surface area contributed by atoms with Gasteiger partial charge in [0.05, 0.1) is 22.5 Å². The zero-order valence-electron chi connectivity index (χ0n) is 10.6. The molecule has 1 aliphatic rings. The van der Waals surface area contributed by atoms with Crippen LogP contribution < -0.4 is 5.32 Å². The Morgan fingerprint density at radius 1 is 0.773 bits per heavy atom. The lowest BCUT2D eigenvalue weighted by molar-refractivity contribution is -0.161. The van der Waals surface area contributed by atoms with Gasteiger partial charge in [-0.3, -0.25) is 0 Å². The summed E-state index contributed by atoms with van der Waals surface area (Å²) in [5.41, 5.74) is -3.57. The number of nitrogens with one attached hydrogen (secondary N) is 1. The van der Waals surface area contributed by atoms with Gasteiger partial charge >= 0.3 is 12.4 Å². The van der Waals surface area contributed by atoms with Crippen molar-refractivity contribution in [1.29, 1.82) is 0 Å². The van der Waals surface area contributed by atoms with Crippen LogP contribution in [0.15, 0.2) is 46.2 Å². The predicted octanol–water partition coefficient (Wildman–Crippen LogP) is 5.93. The number of rotatable bonds is 0. The van der Waals surface area contributed by atoms with Gasteiger partial charge in [0.2, 0.25) is 0 Å². The maximum Gasteiger partial charge on any atom is 0.419 e. The first-order chi connectivity index (χ1) is 10.2. The maximum atomic E-state index is 13.2. The summed E-state index contributed by atoms with van der Waals surface area (Å²) in [4.78, 5) is 0.766. The van der Waals surface area contributed by atoms with Gasteiger partial charge in [0.25, 0.3) is 0 Å². The van der Waals surface area contributed by atoms with Crippen LogP contribution in [0.4, 0.5) is 37.7 Å². The van der Waals surface area contributed by atoms with Gasteiger partial charge in [-0.05, 0) is 24.3 Å². The molecule has 0 atom stereocenters. The number of benzene rings is 2. The summed E-state index contributed by atoms with van der Waals surface area (Å²) in [5, 5.41) is 2.49. The second-order valence-electron chi connectivity index (χ2n) is 4.58. The van der Waals surface area contributed by atoms with Gasteiger partial charge in [0.15, 0.2) is 0 Å². The van der Waals surface area contributed by atoms with E-state index in [9.17, 15) is 26.3 Å². The summed E-state index contributed by atoms with van der Waals surface area (Å²) in [6.07, 6.45) is -10.2. The normalized spacial score (nSPS) is 14.1. The Bertz CT molecular complexity index is 735. The van der Waals surface area contributed by atoms with E-state index in [0.29, 0.717) is 16.6 Å². The summed E-state index contributed by atoms with van der Waals surface area (Å²) in [5.74, 6) is 0. The molecule has 2 aromatic carbocycles. The smallest absolute Gasteiger partial charge is 0.353 e. The van der Waals surface area contributed by atoms with E-state index in [2.05, 4.69) is 5.32 Å². The molecule has 1 aliphatic heterocycles. The van der Waals surface area contributed by atoms with Gasteiger partial charge in [-0.25, -0.2) is 0 Å². The van der Waals surface area contributed by atoms with Crippen LogP contribution in [0.1, 0.15) is 11.1 Å². The Labute approximate surface area is 125 Å². The lowest BCUT2D eigenvalue weighted by atomic mass is 10.0. The molecular formula is C14H7F6NS. The molecule has 1 N–H and O–H groups in total. The van der Waals surface area contributed by atoms with Gasteiger partial charge in [0.1, 0.15) is 0 Å². The Balaban J connectivity index is 2.24. The van der Waals surface area contributed by atoms with Crippen LogP contribution in [0.3, 0.4) is 0 Å². The fourth-order valence-electron chi connectivity index (χ4n) is 2.24. The minimum absolute atomic E-state index is 0.110. The third-order valence-electron chi connectivity index (χ3n) is 3.12. The largest absolute Gasteiger partial charge is 0.419 e. The van der Waals surface area contributed by atoms with Crippen molar-refractivity contribution in [3.05, 3.63) is 47.5 Å². The lowest BCUT2D eigenvalue weighted by Gasteiger charge is -2.26. The molecule has 0 amide bonds.